The molecule has 3 aromatic rings. The molecule has 0 amide bonds. The van der Waals surface area contributed by atoms with E-state index >= 15 is 0 Å². The van der Waals surface area contributed by atoms with Gasteiger partial charge in [-0.15, -0.1) is 0 Å². The molecule has 1 N–H and O–H groups in total. The second kappa shape index (κ2) is 12.3. The van der Waals surface area contributed by atoms with E-state index in [9.17, 15) is 18.0 Å². The summed E-state index contributed by atoms with van der Waals surface area (Å²) >= 11 is 0. The summed E-state index contributed by atoms with van der Waals surface area (Å²) in [5.74, 6) is 0.0974. The third kappa shape index (κ3) is 6.48. The maximum atomic E-state index is 14.1. The standard InChI is InChI=1S/C30H32F3NO4/c1-2-37-29(36)25-13-9-22(21-7-11-24(12-8-21)38-18-6-5-17-35)19-26(25)23-10-14-28(34-15-3-4-16-34)27(20-23)30(31,32)33/h7-14,19-20,35H,2-6,15-18H2,1H3. The Hall–Kier alpha value is -3.52. The van der Waals surface area contributed by atoms with Crippen LogP contribution in [0.5, 0.6) is 5.75 Å². The average molecular weight is 528 g/mol. The zero-order valence-electron chi connectivity index (χ0n) is 21.4. The van der Waals surface area contributed by atoms with Crippen molar-refractivity contribution >= 4 is 11.7 Å². The Labute approximate surface area is 220 Å². The van der Waals surface area contributed by atoms with Gasteiger partial charge in [0.2, 0.25) is 0 Å². The number of unbranched alkanes of at least 4 members (excludes halogenated alkanes) is 1. The van der Waals surface area contributed by atoms with E-state index in [0.29, 0.717) is 43.0 Å². The van der Waals surface area contributed by atoms with Gasteiger partial charge in [-0.1, -0.05) is 24.3 Å². The van der Waals surface area contributed by atoms with Crippen LogP contribution < -0.4 is 9.64 Å². The number of hydrogen-bond acceptors (Lipinski definition) is 5. The lowest BCUT2D eigenvalue weighted by molar-refractivity contribution is -0.137. The number of aliphatic hydroxyl groups excluding tert-OH is 1. The highest BCUT2D eigenvalue weighted by Crippen LogP contribution is 2.41. The van der Waals surface area contributed by atoms with E-state index in [1.807, 2.05) is 24.3 Å². The van der Waals surface area contributed by atoms with Gasteiger partial charge in [-0.3, -0.25) is 0 Å². The summed E-state index contributed by atoms with van der Waals surface area (Å²) in [5, 5.41) is 8.89. The highest BCUT2D eigenvalue weighted by Gasteiger charge is 2.36. The third-order valence-corrected chi connectivity index (χ3v) is 6.58. The van der Waals surface area contributed by atoms with Crippen molar-refractivity contribution in [1.82, 2.24) is 0 Å². The Kier molecular flexibility index (Phi) is 8.94. The van der Waals surface area contributed by atoms with Gasteiger partial charge >= 0.3 is 12.1 Å². The van der Waals surface area contributed by atoms with Crippen molar-refractivity contribution in [3.63, 3.8) is 0 Å². The summed E-state index contributed by atoms with van der Waals surface area (Å²) in [4.78, 5) is 14.5. The van der Waals surface area contributed by atoms with Gasteiger partial charge < -0.3 is 19.5 Å². The van der Waals surface area contributed by atoms with Gasteiger partial charge in [-0.2, -0.15) is 13.2 Å². The molecule has 8 heteroatoms. The number of carbonyl (C=O) groups is 1. The number of esters is 1. The van der Waals surface area contributed by atoms with E-state index < -0.39 is 17.7 Å². The van der Waals surface area contributed by atoms with Crippen LogP contribution in [0.1, 0.15) is 48.5 Å². The number of anilines is 1. The zero-order chi connectivity index (χ0) is 27.1. The number of aliphatic hydroxyl groups is 1. The number of benzene rings is 3. The van der Waals surface area contributed by atoms with Crippen LogP contribution in [0.25, 0.3) is 22.3 Å². The molecule has 5 nitrogen and oxygen atoms in total. The van der Waals surface area contributed by atoms with Crippen LogP contribution in [0.3, 0.4) is 0 Å². The number of nitrogens with zero attached hydrogens (tertiary/aromatic N) is 1. The molecule has 0 atom stereocenters. The molecule has 0 unspecified atom stereocenters. The highest BCUT2D eigenvalue weighted by molar-refractivity contribution is 5.98. The number of rotatable bonds is 10. The van der Waals surface area contributed by atoms with Crippen LogP contribution in [0.4, 0.5) is 18.9 Å². The van der Waals surface area contributed by atoms with E-state index in [1.165, 1.54) is 6.07 Å². The van der Waals surface area contributed by atoms with Crippen LogP contribution in [-0.2, 0) is 10.9 Å². The summed E-state index contributed by atoms with van der Waals surface area (Å²) in [5.41, 5.74) is 1.92. The van der Waals surface area contributed by atoms with E-state index in [2.05, 4.69) is 0 Å². The quantitative estimate of drug-likeness (QED) is 0.228. The third-order valence-electron chi connectivity index (χ3n) is 6.58. The van der Waals surface area contributed by atoms with Crippen molar-refractivity contribution in [2.45, 2.75) is 38.8 Å². The molecule has 0 spiro atoms. The largest absolute Gasteiger partial charge is 0.494 e. The maximum Gasteiger partial charge on any atom is 0.418 e. The lowest BCUT2D eigenvalue weighted by Gasteiger charge is -2.24. The predicted octanol–water partition coefficient (Wildman–Crippen LogP) is 6.97. The minimum Gasteiger partial charge on any atom is -0.494 e. The molecular formula is C30H32F3NO4. The normalized spacial score (nSPS) is 13.6. The molecule has 1 heterocycles. The molecule has 202 valence electrons. The Bertz CT molecular complexity index is 1240. The van der Waals surface area contributed by atoms with Gasteiger partial charge in [0.25, 0.3) is 0 Å². The van der Waals surface area contributed by atoms with Crippen LogP contribution in [0.15, 0.2) is 60.7 Å². The number of halogens is 3. The van der Waals surface area contributed by atoms with Gasteiger partial charge in [0.05, 0.1) is 24.3 Å². The molecule has 0 radical (unpaired) electrons. The molecule has 0 saturated carbocycles. The van der Waals surface area contributed by atoms with Crippen molar-refractivity contribution in [1.29, 1.82) is 0 Å². The average Bonchev–Trinajstić information content (AvgIpc) is 3.45. The van der Waals surface area contributed by atoms with Crippen molar-refractivity contribution in [3.8, 4) is 28.0 Å². The zero-order valence-corrected chi connectivity index (χ0v) is 21.4. The first-order valence-electron chi connectivity index (χ1n) is 12.9. The van der Waals surface area contributed by atoms with Gasteiger partial charge in [0.1, 0.15) is 5.75 Å². The molecule has 0 aromatic heterocycles. The lowest BCUT2D eigenvalue weighted by Crippen LogP contribution is -2.22. The Morgan fingerprint density at radius 3 is 2.26 bits per heavy atom. The number of ether oxygens (including phenoxy) is 2. The van der Waals surface area contributed by atoms with Crippen molar-refractivity contribution in [2.24, 2.45) is 0 Å². The first-order valence-corrected chi connectivity index (χ1v) is 12.9. The molecule has 3 aromatic carbocycles. The van der Waals surface area contributed by atoms with E-state index in [4.69, 9.17) is 14.6 Å². The highest BCUT2D eigenvalue weighted by atomic mass is 19.4. The van der Waals surface area contributed by atoms with Crippen molar-refractivity contribution < 1.29 is 32.5 Å². The molecule has 38 heavy (non-hydrogen) atoms. The first kappa shape index (κ1) is 27.5. The Morgan fingerprint density at radius 1 is 0.921 bits per heavy atom. The lowest BCUT2D eigenvalue weighted by atomic mass is 9.93. The van der Waals surface area contributed by atoms with Crippen LogP contribution in [-0.4, -0.2) is 44.0 Å². The molecule has 0 bridgehead atoms. The van der Waals surface area contributed by atoms with Crippen LogP contribution in [0.2, 0.25) is 0 Å². The van der Waals surface area contributed by atoms with Crippen LogP contribution in [0, 0.1) is 0 Å². The first-order chi connectivity index (χ1) is 18.3. The fourth-order valence-corrected chi connectivity index (χ4v) is 4.66. The smallest absolute Gasteiger partial charge is 0.418 e. The number of alkyl halides is 3. The summed E-state index contributed by atoms with van der Waals surface area (Å²) in [6.45, 7) is 3.64. The molecule has 1 saturated heterocycles. The molecule has 1 aliphatic rings. The summed E-state index contributed by atoms with van der Waals surface area (Å²) in [6.07, 6.45) is -1.40. The van der Waals surface area contributed by atoms with E-state index in [0.717, 1.165) is 36.5 Å². The topological polar surface area (TPSA) is 59.0 Å². The Balaban J connectivity index is 1.72. The molecule has 1 aliphatic heterocycles. The number of carbonyl (C=O) groups excluding carboxylic acids is 1. The Morgan fingerprint density at radius 2 is 1.61 bits per heavy atom. The van der Waals surface area contributed by atoms with Gasteiger partial charge in [-0.25, -0.2) is 4.79 Å². The second-order valence-corrected chi connectivity index (χ2v) is 9.21. The summed E-state index contributed by atoms with van der Waals surface area (Å²) in [7, 11) is 0. The SMILES string of the molecule is CCOC(=O)c1ccc(-c2ccc(OCCCCO)cc2)cc1-c1ccc(N2CCCC2)c(C(F)(F)F)c1. The summed E-state index contributed by atoms with van der Waals surface area (Å²) in [6, 6.07) is 16.7. The van der Waals surface area contributed by atoms with E-state index in [-0.39, 0.29) is 24.5 Å². The molecular weight excluding hydrogens is 495 g/mol. The second-order valence-electron chi connectivity index (χ2n) is 9.21. The number of hydrogen-bond donors (Lipinski definition) is 1. The minimum atomic E-state index is -4.54. The predicted molar refractivity (Wildman–Crippen MR) is 142 cm³/mol. The fraction of sp³-hybridized carbons (Fsp3) is 0.367. The van der Waals surface area contributed by atoms with Gasteiger partial charge in [0.15, 0.2) is 0 Å². The monoisotopic (exact) mass is 527 g/mol. The molecule has 0 aliphatic carbocycles. The summed E-state index contributed by atoms with van der Waals surface area (Å²) < 4.78 is 53.3. The van der Waals surface area contributed by atoms with E-state index in [1.54, 1.807) is 36.1 Å². The van der Waals surface area contributed by atoms with Crippen molar-refractivity contribution in [2.75, 3.05) is 37.8 Å². The van der Waals surface area contributed by atoms with Crippen molar-refractivity contribution in [3.05, 3.63) is 71.8 Å². The maximum absolute atomic E-state index is 14.1. The molecule has 1 fully saturated rings. The molecule has 4 rings (SSSR count). The fourth-order valence-electron chi connectivity index (χ4n) is 4.66. The van der Waals surface area contributed by atoms with Gasteiger partial charge in [0, 0.05) is 25.4 Å². The van der Waals surface area contributed by atoms with Crippen LogP contribution >= 0.6 is 0 Å². The van der Waals surface area contributed by atoms with Gasteiger partial charge in [-0.05, 0) is 91.3 Å². The minimum absolute atomic E-state index is 0.123.